The maximum Gasteiger partial charge on any atom is 0.133 e. The van der Waals surface area contributed by atoms with Crippen LogP contribution >= 0.6 is 0 Å². The van der Waals surface area contributed by atoms with Crippen molar-refractivity contribution in [1.82, 2.24) is 4.90 Å². The molecule has 0 aromatic rings. The van der Waals surface area contributed by atoms with E-state index in [1.54, 1.807) is 0 Å². The lowest BCUT2D eigenvalue weighted by atomic mass is 9.75. The van der Waals surface area contributed by atoms with Crippen LogP contribution in [0.2, 0.25) is 0 Å². The second-order valence-electron chi connectivity index (χ2n) is 5.11. The van der Waals surface area contributed by atoms with Crippen molar-refractivity contribution in [3.63, 3.8) is 0 Å². The van der Waals surface area contributed by atoms with Gasteiger partial charge in [-0.2, -0.15) is 0 Å². The van der Waals surface area contributed by atoms with E-state index in [0.29, 0.717) is 12.0 Å². The number of hydrogen-bond acceptors (Lipinski definition) is 2. The van der Waals surface area contributed by atoms with E-state index in [-0.39, 0.29) is 0 Å². The number of likely N-dealkylation sites (tertiary alicyclic amines) is 1. The first kappa shape index (κ1) is 10.7. The minimum atomic E-state index is 0.438. The highest BCUT2D eigenvalue weighted by Gasteiger charge is 2.28. The average molecular weight is 183 g/mol. The van der Waals surface area contributed by atoms with Crippen molar-refractivity contribution in [2.75, 3.05) is 19.6 Å². The van der Waals surface area contributed by atoms with Crippen molar-refractivity contribution < 1.29 is 4.79 Å². The quantitative estimate of drug-likeness (QED) is 0.610. The largest absolute Gasteiger partial charge is 0.302 e. The maximum absolute atomic E-state index is 10.3. The summed E-state index contributed by atoms with van der Waals surface area (Å²) in [6.07, 6.45) is 3.51. The highest BCUT2D eigenvalue weighted by Crippen LogP contribution is 2.33. The van der Waals surface area contributed by atoms with Crippen molar-refractivity contribution in [2.24, 2.45) is 11.3 Å². The molecule has 76 valence electrons. The fourth-order valence-electron chi connectivity index (χ4n) is 2.09. The Bertz CT molecular complexity index is 163. The SMILES string of the molecule is CC(C)(C)C1CCN(CC=O)CC1. The first-order valence-corrected chi connectivity index (χ1v) is 5.20. The van der Waals surface area contributed by atoms with Crippen molar-refractivity contribution >= 4 is 6.29 Å². The molecule has 2 heteroatoms. The third-order valence-corrected chi connectivity index (χ3v) is 3.15. The molecule has 0 aromatic carbocycles. The molecule has 1 saturated heterocycles. The molecule has 0 bridgehead atoms. The van der Waals surface area contributed by atoms with E-state index in [1.165, 1.54) is 12.8 Å². The second kappa shape index (κ2) is 4.23. The van der Waals surface area contributed by atoms with E-state index in [0.717, 1.165) is 25.3 Å². The van der Waals surface area contributed by atoms with Crippen LogP contribution in [0.5, 0.6) is 0 Å². The lowest BCUT2D eigenvalue weighted by Crippen LogP contribution is -2.38. The molecule has 2 nitrogen and oxygen atoms in total. The molecule has 0 saturated carbocycles. The second-order valence-corrected chi connectivity index (χ2v) is 5.11. The van der Waals surface area contributed by atoms with E-state index in [9.17, 15) is 4.79 Å². The highest BCUT2D eigenvalue weighted by atomic mass is 16.1. The van der Waals surface area contributed by atoms with E-state index in [1.807, 2.05) is 0 Å². The molecule has 1 aliphatic heterocycles. The van der Waals surface area contributed by atoms with Gasteiger partial charge in [0, 0.05) is 0 Å². The summed E-state index contributed by atoms with van der Waals surface area (Å²) in [7, 11) is 0. The van der Waals surface area contributed by atoms with Gasteiger partial charge in [0.25, 0.3) is 0 Å². The average Bonchev–Trinajstić information content (AvgIpc) is 2.04. The Labute approximate surface area is 81.3 Å². The third kappa shape index (κ3) is 3.11. The first-order chi connectivity index (χ1) is 6.04. The number of piperidine rings is 1. The molecule has 1 fully saturated rings. The van der Waals surface area contributed by atoms with Crippen molar-refractivity contribution in [2.45, 2.75) is 33.6 Å². The van der Waals surface area contributed by atoms with E-state index < -0.39 is 0 Å². The Balaban J connectivity index is 2.34. The molecule has 0 atom stereocenters. The van der Waals surface area contributed by atoms with E-state index >= 15 is 0 Å². The molecule has 0 radical (unpaired) electrons. The Morgan fingerprint density at radius 2 is 1.85 bits per heavy atom. The van der Waals surface area contributed by atoms with Gasteiger partial charge < -0.3 is 4.79 Å². The molecule has 1 aliphatic rings. The number of hydrogen-bond donors (Lipinski definition) is 0. The summed E-state index contributed by atoms with van der Waals surface area (Å²) in [4.78, 5) is 12.6. The van der Waals surface area contributed by atoms with Crippen LogP contribution in [0.4, 0.5) is 0 Å². The van der Waals surface area contributed by atoms with Gasteiger partial charge in [-0.25, -0.2) is 0 Å². The molecule has 0 aromatic heterocycles. The number of rotatable bonds is 2. The molecular weight excluding hydrogens is 162 g/mol. The Morgan fingerprint density at radius 3 is 2.23 bits per heavy atom. The van der Waals surface area contributed by atoms with E-state index in [4.69, 9.17) is 0 Å². The van der Waals surface area contributed by atoms with Gasteiger partial charge >= 0.3 is 0 Å². The maximum atomic E-state index is 10.3. The predicted molar refractivity (Wildman–Crippen MR) is 54.7 cm³/mol. The highest BCUT2D eigenvalue weighted by molar-refractivity contribution is 5.51. The monoisotopic (exact) mass is 183 g/mol. The number of carbonyl (C=O) groups is 1. The molecule has 13 heavy (non-hydrogen) atoms. The summed E-state index contributed by atoms with van der Waals surface area (Å²) in [5.41, 5.74) is 0.438. The van der Waals surface area contributed by atoms with Crippen molar-refractivity contribution in [3.8, 4) is 0 Å². The Hall–Kier alpha value is -0.370. The summed E-state index contributed by atoms with van der Waals surface area (Å²) < 4.78 is 0. The lowest BCUT2D eigenvalue weighted by molar-refractivity contribution is -0.109. The standard InChI is InChI=1S/C11H21NO/c1-11(2,3)10-4-6-12(7-5-10)8-9-13/h9-10H,4-8H2,1-3H3. The molecule has 0 N–H and O–H groups in total. The van der Waals surface area contributed by atoms with Gasteiger partial charge in [0.1, 0.15) is 6.29 Å². The van der Waals surface area contributed by atoms with E-state index in [2.05, 4.69) is 25.7 Å². The Morgan fingerprint density at radius 1 is 1.31 bits per heavy atom. The third-order valence-electron chi connectivity index (χ3n) is 3.15. The van der Waals surface area contributed by atoms with Crippen LogP contribution in [0.25, 0.3) is 0 Å². The summed E-state index contributed by atoms with van der Waals surface area (Å²) in [6.45, 7) is 9.76. The van der Waals surface area contributed by atoms with Crippen LogP contribution < -0.4 is 0 Å². The minimum absolute atomic E-state index is 0.438. The fraction of sp³-hybridized carbons (Fsp3) is 0.909. The van der Waals surface area contributed by atoms with Gasteiger partial charge in [-0.3, -0.25) is 4.90 Å². The summed E-state index contributed by atoms with van der Waals surface area (Å²) >= 11 is 0. The van der Waals surface area contributed by atoms with Crippen LogP contribution in [0.3, 0.4) is 0 Å². The smallest absolute Gasteiger partial charge is 0.133 e. The molecule has 1 heterocycles. The first-order valence-electron chi connectivity index (χ1n) is 5.20. The van der Waals surface area contributed by atoms with Crippen LogP contribution in [0.1, 0.15) is 33.6 Å². The van der Waals surface area contributed by atoms with Gasteiger partial charge in [-0.15, -0.1) is 0 Å². The van der Waals surface area contributed by atoms with Crippen molar-refractivity contribution in [3.05, 3.63) is 0 Å². The minimum Gasteiger partial charge on any atom is -0.302 e. The number of carbonyl (C=O) groups excluding carboxylic acids is 1. The topological polar surface area (TPSA) is 20.3 Å². The van der Waals surface area contributed by atoms with Gasteiger partial charge in [0.05, 0.1) is 6.54 Å². The summed E-state index contributed by atoms with van der Waals surface area (Å²) in [5, 5.41) is 0. The zero-order chi connectivity index (χ0) is 9.90. The van der Waals surface area contributed by atoms with Crippen molar-refractivity contribution in [1.29, 1.82) is 0 Å². The van der Waals surface area contributed by atoms with Crippen LogP contribution in [0.15, 0.2) is 0 Å². The van der Waals surface area contributed by atoms with Gasteiger partial charge in [-0.05, 0) is 37.3 Å². The zero-order valence-corrected chi connectivity index (χ0v) is 9.05. The van der Waals surface area contributed by atoms with Crippen LogP contribution in [-0.2, 0) is 4.79 Å². The normalized spacial score (nSPS) is 21.8. The Kier molecular flexibility index (Phi) is 3.48. The summed E-state index contributed by atoms with van der Waals surface area (Å²) in [5.74, 6) is 0.829. The molecule has 0 unspecified atom stereocenters. The fourth-order valence-corrected chi connectivity index (χ4v) is 2.09. The van der Waals surface area contributed by atoms with Gasteiger partial charge in [-0.1, -0.05) is 20.8 Å². The molecule has 0 amide bonds. The number of aldehydes is 1. The predicted octanol–water partition coefficient (Wildman–Crippen LogP) is 1.94. The van der Waals surface area contributed by atoms with Gasteiger partial charge in [0.2, 0.25) is 0 Å². The molecule has 0 spiro atoms. The molecule has 1 rings (SSSR count). The lowest BCUT2D eigenvalue weighted by Gasteiger charge is -2.38. The number of nitrogens with zero attached hydrogens (tertiary/aromatic N) is 1. The molecular formula is C11H21NO. The van der Waals surface area contributed by atoms with Gasteiger partial charge in [0.15, 0.2) is 0 Å². The van der Waals surface area contributed by atoms with Crippen LogP contribution in [0, 0.1) is 11.3 Å². The zero-order valence-electron chi connectivity index (χ0n) is 9.05. The van der Waals surface area contributed by atoms with Crippen LogP contribution in [-0.4, -0.2) is 30.8 Å². The molecule has 0 aliphatic carbocycles. The summed E-state index contributed by atoms with van der Waals surface area (Å²) in [6, 6.07) is 0.